The highest BCUT2D eigenvalue weighted by molar-refractivity contribution is 8.00. The maximum absolute atomic E-state index is 13.1. The highest BCUT2D eigenvalue weighted by Gasteiger charge is 2.22. The molecule has 182 valence electrons. The van der Waals surface area contributed by atoms with E-state index in [1.807, 2.05) is 88.5 Å². The summed E-state index contributed by atoms with van der Waals surface area (Å²) in [5, 5.41) is 17.8. The Labute approximate surface area is 216 Å². The highest BCUT2D eigenvalue weighted by atomic mass is 32.2. The van der Waals surface area contributed by atoms with E-state index in [-0.39, 0.29) is 22.5 Å². The summed E-state index contributed by atoms with van der Waals surface area (Å²) >= 11 is 2.81. The minimum absolute atomic E-state index is 0.0319. The van der Waals surface area contributed by atoms with Gasteiger partial charge in [-0.05, 0) is 42.5 Å². The SMILES string of the molecule is CCC(Sc1cccc(NC(=O)CC(C)(C)C)c1)C(=O)Nc1scc(-c2ccc(C)cc2)c1C#N. The number of thioether (sulfide) groups is 1. The van der Waals surface area contributed by atoms with Crippen LogP contribution in [0, 0.1) is 23.7 Å². The van der Waals surface area contributed by atoms with Crippen molar-refractivity contribution < 1.29 is 9.59 Å². The van der Waals surface area contributed by atoms with Crippen LogP contribution < -0.4 is 10.6 Å². The lowest BCUT2D eigenvalue weighted by molar-refractivity contribution is -0.118. The van der Waals surface area contributed by atoms with E-state index in [1.54, 1.807) is 0 Å². The van der Waals surface area contributed by atoms with Gasteiger partial charge in [0.1, 0.15) is 11.1 Å². The number of nitriles is 1. The molecule has 7 heteroatoms. The monoisotopic (exact) mass is 505 g/mol. The molecule has 0 fully saturated rings. The number of carbonyl (C=O) groups excluding carboxylic acids is 2. The van der Waals surface area contributed by atoms with E-state index >= 15 is 0 Å². The molecule has 0 spiro atoms. The molecule has 1 atom stereocenters. The second-order valence-corrected chi connectivity index (χ2v) is 11.8. The number of anilines is 2. The number of thiophene rings is 1. The first-order valence-corrected chi connectivity index (χ1v) is 13.3. The summed E-state index contributed by atoms with van der Waals surface area (Å²) in [7, 11) is 0. The fourth-order valence-corrected chi connectivity index (χ4v) is 5.46. The van der Waals surface area contributed by atoms with Crippen molar-refractivity contribution in [1.82, 2.24) is 0 Å². The first-order valence-electron chi connectivity index (χ1n) is 11.6. The molecule has 2 N–H and O–H groups in total. The molecule has 2 amide bonds. The number of nitrogens with one attached hydrogen (secondary N) is 2. The van der Waals surface area contributed by atoms with E-state index < -0.39 is 0 Å². The smallest absolute Gasteiger partial charge is 0.238 e. The van der Waals surface area contributed by atoms with Gasteiger partial charge < -0.3 is 10.6 Å². The Morgan fingerprint density at radius 3 is 2.46 bits per heavy atom. The maximum atomic E-state index is 13.1. The third-order valence-electron chi connectivity index (χ3n) is 5.25. The van der Waals surface area contributed by atoms with E-state index in [1.165, 1.54) is 23.1 Å². The number of amides is 2. The summed E-state index contributed by atoms with van der Waals surface area (Å²) in [5.41, 5.74) is 4.04. The molecule has 0 saturated heterocycles. The predicted octanol–water partition coefficient (Wildman–Crippen LogP) is 7.48. The van der Waals surface area contributed by atoms with Crippen molar-refractivity contribution in [1.29, 1.82) is 5.26 Å². The second-order valence-electron chi connectivity index (χ2n) is 9.65. The number of hydrogen-bond donors (Lipinski definition) is 2. The molecule has 0 aliphatic heterocycles. The van der Waals surface area contributed by atoms with Gasteiger partial charge in [0, 0.05) is 27.9 Å². The molecule has 3 rings (SSSR count). The highest BCUT2D eigenvalue weighted by Crippen LogP contribution is 2.36. The number of benzene rings is 2. The normalized spacial score (nSPS) is 12.0. The molecular weight excluding hydrogens is 474 g/mol. The predicted molar refractivity (Wildman–Crippen MR) is 147 cm³/mol. The molecule has 1 heterocycles. The Hall–Kier alpha value is -3.08. The number of hydrogen-bond acceptors (Lipinski definition) is 5. The van der Waals surface area contributed by atoms with Crippen molar-refractivity contribution in [2.45, 2.75) is 57.6 Å². The van der Waals surface area contributed by atoms with E-state index in [4.69, 9.17) is 0 Å². The van der Waals surface area contributed by atoms with E-state index in [2.05, 4.69) is 16.7 Å². The Morgan fingerprint density at radius 1 is 1.11 bits per heavy atom. The largest absolute Gasteiger partial charge is 0.326 e. The van der Waals surface area contributed by atoms with Crippen molar-refractivity contribution in [3.63, 3.8) is 0 Å². The third kappa shape index (κ3) is 7.45. The quantitative estimate of drug-likeness (QED) is 0.311. The number of aryl methyl sites for hydroxylation is 1. The van der Waals surface area contributed by atoms with Crippen LogP contribution >= 0.6 is 23.1 Å². The first-order chi connectivity index (χ1) is 16.6. The Morgan fingerprint density at radius 2 is 1.83 bits per heavy atom. The minimum atomic E-state index is -0.341. The molecule has 0 bridgehead atoms. The molecule has 0 aliphatic carbocycles. The molecule has 0 saturated carbocycles. The van der Waals surface area contributed by atoms with Crippen molar-refractivity contribution >= 4 is 45.6 Å². The van der Waals surface area contributed by atoms with E-state index in [0.29, 0.717) is 29.1 Å². The van der Waals surface area contributed by atoms with Crippen LogP contribution in [-0.4, -0.2) is 17.1 Å². The lowest BCUT2D eigenvalue weighted by Gasteiger charge is -2.18. The Bertz CT molecular complexity index is 1230. The summed E-state index contributed by atoms with van der Waals surface area (Å²) in [6, 6.07) is 17.8. The van der Waals surface area contributed by atoms with Gasteiger partial charge in [-0.15, -0.1) is 23.1 Å². The molecule has 35 heavy (non-hydrogen) atoms. The van der Waals surface area contributed by atoms with Crippen LogP contribution in [0.5, 0.6) is 0 Å². The molecule has 1 unspecified atom stereocenters. The lowest BCUT2D eigenvalue weighted by atomic mass is 9.92. The van der Waals surface area contributed by atoms with Crippen molar-refractivity contribution in [3.05, 3.63) is 65.0 Å². The lowest BCUT2D eigenvalue weighted by Crippen LogP contribution is -2.24. The average Bonchev–Trinajstić information content (AvgIpc) is 3.19. The molecular formula is C28H31N3O2S2. The zero-order valence-corrected chi connectivity index (χ0v) is 22.4. The van der Waals surface area contributed by atoms with E-state index in [9.17, 15) is 14.9 Å². The molecule has 1 aromatic heterocycles. The Balaban J connectivity index is 1.71. The topological polar surface area (TPSA) is 82.0 Å². The van der Waals surface area contributed by atoms with Gasteiger partial charge >= 0.3 is 0 Å². The molecule has 3 aromatic rings. The van der Waals surface area contributed by atoms with Gasteiger partial charge in [0.2, 0.25) is 11.8 Å². The van der Waals surface area contributed by atoms with Crippen LogP contribution in [-0.2, 0) is 9.59 Å². The summed E-state index contributed by atoms with van der Waals surface area (Å²) in [6.45, 7) is 10.1. The number of nitrogens with zero attached hydrogens (tertiary/aromatic N) is 1. The van der Waals surface area contributed by atoms with Crippen LogP contribution in [0.2, 0.25) is 0 Å². The second kappa shape index (κ2) is 11.6. The van der Waals surface area contributed by atoms with Crippen LogP contribution in [0.25, 0.3) is 11.1 Å². The van der Waals surface area contributed by atoms with Gasteiger partial charge in [-0.2, -0.15) is 5.26 Å². The van der Waals surface area contributed by atoms with Crippen molar-refractivity contribution in [3.8, 4) is 17.2 Å². The maximum Gasteiger partial charge on any atom is 0.238 e. The number of carbonyl (C=O) groups is 2. The van der Waals surface area contributed by atoms with Gasteiger partial charge in [0.05, 0.1) is 10.8 Å². The Kier molecular flexibility index (Phi) is 8.76. The zero-order chi connectivity index (χ0) is 25.6. The average molecular weight is 506 g/mol. The van der Waals surface area contributed by atoms with Gasteiger partial charge in [0.15, 0.2) is 0 Å². The summed E-state index contributed by atoms with van der Waals surface area (Å²) in [4.78, 5) is 26.3. The van der Waals surface area contributed by atoms with Crippen molar-refractivity contribution in [2.24, 2.45) is 5.41 Å². The fraction of sp³-hybridized carbons (Fsp3) is 0.321. The van der Waals surface area contributed by atoms with Gasteiger partial charge in [-0.25, -0.2) is 0 Å². The van der Waals surface area contributed by atoms with Crippen LogP contribution in [0.1, 0.15) is 51.7 Å². The van der Waals surface area contributed by atoms with Crippen molar-refractivity contribution in [2.75, 3.05) is 10.6 Å². The van der Waals surface area contributed by atoms with Crippen LogP contribution in [0.15, 0.2) is 58.8 Å². The molecule has 2 aromatic carbocycles. The van der Waals surface area contributed by atoms with Crippen LogP contribution in [0.3, 0.4) is 0 Å². The fourth-order valence-electron chi connectivity index (χ4n) is 3.52. The molecule has 5 nitrogen and oxygen atoms in total. The minimum Gasteiger partial charge on any atom is -0.326 e. The first kappa shape index (κ1) is 26.5. The molecule has 0 aliphatic rings. The van der Waals surface area contributed by atoms with Crippen LogP contribution in [0.4, 0.5) is 10.7 Å². The van der Waals surface area contributed by atoms with Gasteiger partial charge in [-0.1, -0.05) is 63.6 Å². The standard InChI is InChI=1S/C28H31N3O2S2/c1-6-24(35-21-9-7-8-20(14-21)30-25(32)15-28(3,4)5)26(33)31-27-22(16-29)23(17-34-27)19-12-10-18(2)11-13-19/h7-14,17,24H,6,15H2,1-5H3,(H,30,32)(H,31,33). The third-order valence-corrected chi connectivity index (χ3v) is 7.51. The molecule has 0 radical (unpaired) electrons. The number of rotatable bonds is 8. The summed E-state index contributed by atoms with van der Waals surface area (Å²) < 4.78 is 0. The zero-order valence-electron chi connectivity index (χ0n) is 20.8. The van der Waals surface area contributed by atoms with Gasteiger partial charge in [0.25, 0.3) is 0 Å². The summed E-state index contributed by atoms with van der Waals surface area (Å²) in [5.74, 6) is -0.177. The van der Waals surface area contributed by atoms with Gasteiger partial charge in [-0.3, -0.25) is 9.59 Å². The van der Waals surface area contributed by atoms with E-state index in [0.717, 1.165) is 21.6 Å². The summed E-state index contributed by atoms with van der Waals surface area (Å²) in [6.07, 6.45) is 1.05.